The molecule has 0 aliphatic carbocycles. The van der Waals surface area contributed by atoms with Gasteiger partial charge in [-0.15, -0.1) is 0 Å². The zero-order valence-corrected chi connectivity index (χ0v) is 14.5. The summed E-state index contributed by atoms with van der Waals surface area (Å²) in [4.78, 5) is 20.8. The van der Waals surface area contributed by atoms with Gasteiger partial charge in [0.05, 0.1) is 0 Å². The molecule has 0 aromatic carbocycles. The molecule has 0 spiro atoms. The van der Waals surface area contributed by atoms with Crippen molar-refractivity contribution in [2.24, 2.45) is 5.92 Å². The molecule has 0 unspecified atom stereocenters. The number of rotatable bonds is 6. The maximum absolute atomic E-state index is 12.0. The van der Waals surface area contributed by atoms with Crippen LogP contribution in [0.25, 0.3) is 0 Å². The Morgan fingerprint density at radius 2 is 1.83 bits per heavy atom. The predicted octanol–water partition coefficient (Wildman–Crippen LogP) is 1.15. The summed E-state index contributed by atoms with van der Waals surface area (Å²) >= 11 is 0. The van der Waals surface area contributed by atoms with Gasteiger partial charge in [-0.3, -0.25) is 9.88 Å². The SMILES string of the molecule is CC(C)[C@@H](CNC(=O)NCc1ccncc1)N1CCN(C)CC1. The lowest BCUT2D eigenvalue weighted by Crippen LogP contribution is -2.54. The number of nitrogens with zero attached hydrogens (tertiary/aromatic N) is 3. The van der Waals surface area contributed by atoms with Crippen molar-refractivity contribution >= 4 is 6.03 Å². The molecule has 1 aliphatic rings. The maximum Gasteiger partial charge on any atom is 0.315 e. The fraction of sp³-hybridized carbons (Fsp3) is 0.647. The lowest BCUT2D eigenvalue weighted by Gasteiger charge is -2.39. The summed E-state index contributed by atoms with van der Waals surface area (Å²) in [5, 5.41) is 5.92. The smallest absolute Gasteiger partial charge is 0.315 e. The Kier molecular flexibility index (Phi) is 6.80. The van der Waals surface area contributed by atoms with E-state index >= 15 is 0 Å². The molecule has 6 nitrogen and oxygen atoms in total. The van der Waals surface area contributed by atoms with E-state index < -0.39 is 0 Å². The Morgan fingerprint density at radius 1 is 1.17 bits per heavy atom. The number of carbonyl (C=O) groups is 1. The Labute approximate surface area is 139 Å². The summed E-state index contributed by atoms with van der Waals surface area (Å²) in [6, 6.07) is 4.08. The number of piperazine rings is 1. The lowest BCUT2D eigenvalue weighted by molar-refractivity contribution is 0.0887. The Morgan fingerprint density at radius 3 is 2.43 bits per heavy atom. The summed E-state index contributed by atoms with van der Waals surface area (Å²) in [6.07, 6.45) is 3.47. The van der Waals surface area contributed by atoms with E-state index in [0.29, 0.717) is 25.0 Å². The summed E-state index contributed by atoms with van der Waals surface area (Å²) in [5.74, 6) is 0.513. The highest BCUT2D eigenvalue weighted by Crippen LogP contribution is 2.12. The third-order valence-electron chi connectivity index (χ3n) is 4.45. The number of carbonyl (C=O) groups excluding carboxylic acids is 1. The van der Waals surface area contributed by atoms with Crippen LogP contribution in [-0.2, 0) is 6.54 Å². The predicted molar refractivity (Wildman–Crippen MR) is 92.2 cm³/mol. The average Bonchev–Trinajstić information content (AvgIpc) is 2.55. The molecule has 2 N–H and O–H groups in total. The van der Waals surface area contributed by atoms with Crippen molar-refractivity contribution in [3.05, 3.63) is 30.1 Å². The molecule has 1 atom stereocenters. The Hall–Kier alpha value is -1.66. The number of amides is 2. The zero-order chi connectivity index (χ0) is 16.7. The van der Waals surface area contributed by atoms with E-state index in [-0.39, 0.29) is 6.03 Å². The number of nitrogens with one attached hydrogen (secondary N) is 2. The molecule has 23 heavy (non-hydrogen) atoms. The van der Waals surface area contributed by atoms with Crippen LogP contribution in [0.2, 0.25) is 0 Å². The second kappa shape index (κ2) is 8.84. The fourth-order valence-corrected chi connectivity index (χ4v) is 2.88. The first-order valence-electron chi connectivity index (χ1n) is 8.39. The van der Waals surface area contributed by atoms with Crippen molar-refractivity contribution in [3.63, 3.8) is 0 Å². The highest BCUT2D eigenvalue weighted by molar-refractivity contribution is 5.73. The van der Waals surface area contributed by atoms with E-state index in [9.17, 15) is 4.79 Å². The molecule has 1 saturated heterocycles. The molecule has 2 rings (SSSR count). The van der Waals surface area contributed by atoms with Crippen LogP contribution in [0, 0.1) is 5.92 Å². The van der Waals surface area contributed by atoms with Crippen molar-refractivity contribution in [3.8, 4) is 0 Å². The van der Waals surface area contributed by atoms with E-state index in [0.717, 1.165) is 31.7 Å². The quantitative estimate of drug-likeness (QED) is 0.826. The third-order valence-corrected chi connectivity index (χ3v) is 4.45. The van der Waals surface area contributed by atoms with Crippen LogP contribution in [-0.4, -0.2) is 66.6 Å². The third kappa shape index (κ3) is 5.80. The second-order valence-corrected chi connectivity index (χ2v) is 6.57. The molecular formula is C17H29N5O. The number of likely N-dealkylation sites (N-methyl/N-ethyl adjacent to an activating group) is 1. The minimum atomic E-state index is -0.110. The monoisotopic (exact) mass is 319 g/mol. The van der Waals surface area contributed by atoms with Gasteiger partial charge in [0.15, 0.2) is 0 Å². The first-order valence-corrected chi connectivity index (χ1v) is 8.39. The molecule has 2 heterocycles. The van der Waals surface area contributed by atoms with Gasteiger partial charge in [-0.05, 0) is 30.7 Å². The van der Waals surface area contributed by atoms with Crippen molar-refractivity contribution in [1.29, 1.82) is 0 Å². The van der Waals surface area contributed by atoms with Crippen LogP contribution in [0.1, 0.15) is 19.4 Å². The van der Waals surface area contributed by atoms with Crippen molar-refractivity contribution < 1.29 is 4.79 Å². The van der Waals surface area contributed by atoms with Crippen molar-refractivity contribution in [1.82, 2.24) is 25.4 Å². The minimum Gasteiger partial charge on any atom is -0.337 e. The highest BCUT2D eigenvalue weighted by atomic mass is 16.2. The summed E-state index contributed by atoms with van der Waals surface area (Å²) in [6.45, 7) is 9.98. The molecule has 0 radical (unpaired) electrons. The van der Waals surface area contributed by atoms with Gasteiger partial charge in [0.2, 0.25) is 0 Å². The normalized spacial score (nSPS) is 17.9. The van der Waals surface area contributed by atoms with E-state index in [4.69, 9.17) is 0 Å². The summed E-state index contributed by atoms with van der Waals surface area (Å²) in [5.41, 5.74) is 1.05. The highest BCUT2D eigenvalue weighted by Gasteiger charge is 2.25. The van der Waals surface area contributed by atoms with Gasteiger partial charge in [0.1, 0.15) is 0 Å². The van der Waals surface area contributed by atoms with Crippen LogP contribution in [0.5, 0.6) is 0 Å². The minimum absolute atomic E-state index is 0.110. The molecule has 1 aromatic rings. The van der Waals surface area contributed by atoms with E-state index in [1.807, 2.05) is 12.1 Å². The lowest BCUT2D eigenvalue weighted by atomic mass is 10.0. The van der Waals surface area contributed by atoms with Gasteiger partial charge in [-0.2, -0.15) is 0 Å². The van der Waals surface area contributed by atoms with Crippen LogP contribution < -0.4 is 10.6 Å². The second-order valence-electron chi connectivity index (χ2n) is 6.57. The number of hydrogen-bond donors (Lipinski definition) is 2. The average molecular weight is 319 g/mol. The first kappa shape index (κ1) is 17.7. The molecule has 6 heteroatoms. The standard InChI is InChI=1S/C17H29N5O/c1-14(2)16(22-10-8-21(3)9-11-22)13-20-17(23)19-12-15-4-6-18-7-5-15/h4-7,14,16H,8-13H2,1-3H3,(H2,19,20,23)/t16-/m1/s1. The van der Waals surface area contributed by atoms with Crippen LogP contribution in [0.4, 0.5) is 4.79 Å². The first-order chi connectivity index (χ1) is 11.1. The number of aromatic nitrogens is 1. The fourth-order valence-electron chi connectivity index (χ4n) is 2.88. The van der Waals surface area contributed by atoms with Crippen LogP contribution in [0.15, 0.2) is 24.5 Å². The molecular weight excluding hydrogens is 290 g/mol. The van der Waals surface area contributed by atoms with Crippen LogP contribution in [0.3, 0.4) is 0 Å². The summed E-state index contributed by atoms with van der Waals surface area (Å²) in [7, 11) is 2.16. The zero-order valence-electron chi connectivity index (χ0n) is 14.5. The molecule has 128 valence electrons. The van der Waals surface area contributed by atoms with Gasteiger partial charge in [-0.1, -0.05) is 13.8 Å². The molecule has 1 aromatic heterocycles. The number of pyridine rings is 1. The molecule has 1 fully saturated rings. The summed E-state index contributed by atoms with van der Waals surface area (Å²) < 4.78 is 0. The van der Waals surface area contributed by atoms with Crippen molar-refractivity contribution in [2.45, 2.75) is 26.4 Å². The van der Waals surface area contributed by atoms with Gasteiger partial charge in [-0.25, -0.2) is 4.79 Å². The molecule has 0 bridgehead atoms. The van der Waals surface area contributed by atoms with Gasteiger partial charge >= 0.3 is 6.03 Å². The number of urea groups is 1. The van der Waals surface area contributed by atoms with E-state index in [1.54, 1.807) is 12.4 Å². The van der Waals surface area contributed by atoms with Crippen LogP contribution >= 0.6 is 0 Å². The van der Waals surface area contributed by atoms with E-state index in [2.05, 4.69) is 46.3 Å². The van der Waals surface area contributed by atoms with Crippen molar-refractivity contribution in [2.75, 3.05) is 39.8 Å². The van der Waals surface area contributed by atoms with Gasteiger partial charge < -0.3 is 15.5 Å². The molecule has 0 saturated carbocycles. The maximum atomic E-state index is 12.0. The Balaban J connectivity index is 1.76. The largest absolute Gasteiger partial charge is 0.337 e. The Bertz CT molecular complexity index is 471. The van der Waals surface area contributed by atoms with E-state index in [1.165, 1.54) is 0 Å². The van der Waals surface area contributed by atoms with Gasteiger partial charge in [0, 0.05) is 57.7 Å². The molecule has 2 amide bonds. The van der Waals surface area contributed by atoms with Gasteiger partial charge in [0.25, 0.3) is 0 Å². The molecule has 1 aliphatic heterocycles. The number of hydrogen-bond acceptors (Lipinski definition) is 4. The topological polar surface area (TPSA) is 60.5 Å².